The van der Waals surface area contributed by atoms with Gasteiger partial charge in [0.25, 0.3) is 0 Å². The first-order valence-electron chi connectivity index (χ1n) is 6.71. The van der Waals surface area contributed by atoms with Crippen LogP contribution in [0.3, 0.4) is 0 Å². The van der Waals surface area contributed by atoms with Gasteiger partial charge in [0.05, 0.1) is 18.5 Å². The Morgan fingerprint density at radius 2 is 2.32 bits per heavy atom. The van der Waals surface area contributed by atoms with Crippen molar-refractivity contribution in [1.82, 2.24) is 15.1 Å². The molecule has 2 heterocycles. The Balaban J connectivity index is 1.98. The van der Waals surface area contributed by atoms with E-state index in [0.717, 1.165) is 31.7 Å². The molecule has 106 valence electrons. The van der Waals surface area contributed by atoms with Crippen LogP contribution >= 0.6 is 0 Å². The maximum Gasteiger partial charge on any atom is 0.341 e. The molecule has 1 aromatic rings. The minimum absolute atomic E-state index is 0.306. The molecule has 0 bridgehead atoms. The second-order valence-corrected chi connectivity index (χ2v) is 4.62. The number of rotatable bonds is 5. The van der Waals surface area contributed by atoms with Crippen molar-refractivity contribution in [3.8, 4) is 0 Å². The van der Waals surface area contributed by atoms with Crippen molar-refractivity contribution in [2.75, 3.05) is 19.8 Å². The number of esters is 1. The molecular formula is C13H21N3O3. The van der Waals surface area contributed by atoms with Crippen molar-refractivity contribution in [3.05, 3.63) is 17.5 Å². The number of carbonyl (C=O) groups excluding carboxylic acids is 1. The van der Waals surface area contributed by atoms with Crippen LogP contribution in [-0.2, 0) is 23.1 Å². The van der Waals surface area contributed by atoms with Gasteiger partial charge in [-0.15, -0.1) is 0 Å². The van der Waals surface area contributed by atoms with Gasteiger partial charge in [0.15, 0.2) is 0 Å². The van der Waals surface area contributed by atoms with E-state index in [2.05, 4.69) is 10.4 Å². The van der Waals surface area contributed by atoms with E-state index in [-0.39, 0.29) is 5.97 Å². The highest BCUT2D eigenvalue weighted by Gasteiger charge is 2.19. The van der Waals surface area contributed by atoms with Crippen molar-refractivity contribution in [1.29, 1.82) is 0 Å². The summed E-state index contributed by atoms with van der Waals surface area (Å²) in [7, 11) is 1.84. The molecule has 0 atom stereocenters. The van der Waals surface area contributed by atoms with E-state index in [1.807, 2.05) is 7.05 Å². The zero-order valence-corrected chi connectivity index (χ0v) is 11.5. The third-order valence-corrected chi connectivity index (χ3v) is 3.34. The molecule has 19 heavy (non-hydrogen) atoms. The van der Waals surface area contributed by atoms with Gasteiger partial charge in [-0.05, 0) is 19.8 Å². The number of hydrogen-bond acceptors (Lipinski definition) is 5. The molecule has 6 heteroatoms. The standard InChI is InChI=1S/C13H21N3O3/c1-3-19-13(17)11-8-15-16(2)12(11)9-14-10-4-6-18-7-5-10/h8,10,14H,3-7,9H2,1-2H3. The molecule has 0 aromatic carbocycles. The molecule has 1 aromatic heterocycles. The lowest BCUT2D eigenvalue weighted by atomic mass is 10.1. The lowest BCUT2D eigenvalue weighted by Gasteiger charge is -2.23. The van der Waals surface area contributed by atoms with Crippen molar-refractivity contribution in [3.63, 3.8) is 0 Å². The second-order valence-electron chi connectivity index (χ2n) is 4.62. The number of nitrogens with one attached hydrogen (secondary N) is 1. The van der Waals surface area contributed by atoms with Crippen LogP contribution in [0, 0.1) is 0 Å². The molecule has 1 saturated heterocycles. The number of hydrogen-bond donors (Lipinski definition) is 1. The van der Waals surface area contributed by atoms with E-state index in [9.17, 15) is 4.79 Å². The fraction of sp³-hybridized carbons (Fsp3) is 0.692. The zero-order chi connectivity index (χ0) is 13.7. The fourth-order valence-electron chi connectivity index (χ4n) is 2.19. The second kappa shape index (κ2) is 6.68. The van der Waals surface area contributed by atoms with Crippen LogP contribution in [-0.4, -0.2) is 41.6 Å². The van der Waals surface area contributed by atoms with Crippen LogP contribution in [0.4, 0.5) is 0 Å². The Kier molecular flexibility index (Phi) is 4.93. The third-order valence-electron chi connectivity index (χ3n) is 3.34. The number of ether oxygens (including phenoxy) is 2. The highest BCUT2D eigenvalue weighted by molar-refractivity contribution is 5.90. The van der Waals surface area contributed by atoms with Crippen molar-refractivity contribution in [2.24, 2.45) is 7.05 Å². The molecule has 1 aliphatic heterocycles. The smallest absolute Gasteiger partial charge is 0.341 e. The Morgan fingerprint density at radius 3 is 3.00 bits per heavy atom. The summed E-state index contributed by atoms with van der Waals surface area (Å²) in [4.78, 5) is 11.8. The van der Waals surface area contributed by atoms with Gasteiger partial charge in [-0.3, -0.25) is 4.68 Å². The molecule has 0 amide bonds. The van der Waals surface area contributed by atoms with E-state index in [1.165, 1.54) is 0 Å². The van der Waals surface area contributed by atoms with Crippen LogP contribution in [0.2, 0.25) is 0 Å². The lowest BCUT2D eigenvalue weighted by molar-refractivity contribution is 0.0523. The lowest BCUT2D eigenvalue weighted by Crippen LogP contribution is -2.35. The first kappa shape index (κ1) is 14.0. The van der Waals surface area contributed by atoms with Gasteiger partial charge in [0, 0.05) is 32.8 Å². The number of nitrogens with zero attached hydrogens (tertiary/aromatic N) is 2. The fourth-order valence-corrected chi connectivity index (χ4v) is 2.19. The number of carbonyl (C=O) groups is 1. The Bertz CT molecular complexity index is 425. The van der Waals surface area contributed by atoms with Crippen LogP contribution < -0.4 is 5.32 Å². The minimum Gasteiger partial charge on any atom is -0.462 e. The molecule has 0 saturated carbocycles. The van der Waals surface area contributed by atoms with E-state index in [4.69, 9.17) is 9.47 Å². The monoisotopic (exact) mass is 267 g/mol. The molecule has 2 rings (SSSR count). The van der Waals surface area contributed by atoms with Gasteiger partial charge in [-0.1, -0.05) is 0 Å². The Morgan fingerprint density at radius 1 is 1.58 bits per heavy atom. The van der Waals surface area contributed by atoms with Gasteiger partial charge >= 0.3 is 5.97 Å². The van der Waals surface area contributed by atoms with E-state index in [1.54, 1.807) is 17.8 Å². The predicted octanol–water partition coefficient (Wildman–Crippen LogP) is 0.865. The van der Waals surface area contributed by atoms with Crippen molar-refractivity contribution in [2.45, 2.75) is 32.4 Å². The molecule has 1 aliphatic rings. The van der Waals surface area contributed by atoms with Crippen LogP contribution in [0.15, 0.2) is 6.20 Å². The average molecular weight is 267 g/mol. The topological polar surface area (TPSA) is 65.4 Å². The molecule has 0 spiro atoms. The predicted molar refractivity (Wildman–Crippen MR) is 69.8 cm³/mol. The summed E-state index contributed by atoms with van der Waals surface area (Å²) in [6.07, 6.45) is 3.58. The van der Waals surface area contributed by atoms with Gasteiger partial charge in [-0.25, -0.2) is 4.79 Å². The summed E-state index contributed by atoms with van der Waals surface area (Å²) in [5, 5.41) is 7.59. The highest BCUT2D eigenvalue weighted by Crippen LogP contribution is 2.12. The molecule has 1 N–H and O–H groups in total. The minimum atomic E-state index is -0.306. The first-order chi connectivity index (χ1) is 9.22. The Hall–Kier alpha value is -1.40. The first-order valence-corrected chi connectivity index (χ1v) is 6.71. The van der Waals surface area contributed by atoms with E-state index >= 15 is 0 Å². The van der Waals surface area contributed by atoms with Gasteiger partial charge in [0.2, 0.25) is 0 Å². The van der Waals surface area contributed by atoms with E-state index in [0.29, 0.717) is 24.8 Å². The summed E-state index contributed by atoms with van der Waals surface area (Å²) >= 11 is 0. The molecule has 0 unspecified atom stereocenters. The van der Waals surface area contributed by atoms with E-state index < -0.39 is 0 Å². The Labute approximate surface area is 113 Å². The van der Waals surface area contributed by atoms with Crippen LogP contribution in [0.5, 0.6) is 0 Å². The maximum absolute atomic E-state index is 11.8. The van der Waals surface area contributed by atoms with Crippen molar-refractivity contribution < 1.29 is 14.3 Å². The molecule has 1 fully saturated rings. The third kappa shape index (κ3) is 3.54. The maximum atomic E-state index is 11.8. The summed E-state index contributed by atoms with van der Waals surface area (Å²) in [6, 6.07) is 0.443. The summed E-state index contributed by atoms with van der Waals surface area (Å²) in [6.45, 7) is 4.39. The number of aromatic nitrogens is 2. The van der Waals surface area contributed by atoms with Gasteiger partial charge < -0.3 is 14.8 Å². The molecular weight excluding hydrogens is 246 g/mol. The zero-order valence-electron chi connectivity index (χ0n) is 11.5. The van der Waals surface area contributed by atoms with Crippen LogP contribution in [0.1, 0.15) is 35.8 Å². The van der Waals surface area contributed by atoms with Gasteiger partial charge in [-0.2, -0.15) is 5.10 Å². The van der Waals surface area contributed by atoms with Crippen LogP contribution in [0.25, 0.3) is 0 Å². The number of aryl methyl sites for hydroxylation is 1. The normalized spacial score (nSPS) is 16.5. The largest absolute Gasteiger partial charge is 0.462 e. The average Bonchev–Trinajstić information content (AvgIpc) is 2.79. The highest BCUT2D eigenvalue weighted by atomic mass is 16.5. The molecule has 0 aliphatic carbocycles. The quantitative estimate of drug-likeness (QED) is 0.802. The van der Waals surface area contributed by atoms with Crippen molar-refractivity contribution >= 4 is 5.97 Å². The SMILES string of the molecule is CCOC(=O)c1cnn(C)c1CNC1CCOCC1. The molecule has 0 radical (unpaired) electrons. The molecule has 6 nitrogen and oxygen atoms in total. The summed E-state index contributed by atoms with van der Waals surface area (Å²) in [5.74, 6) is -0.306. The van der Waals surface area contributed by atoms with Gasteiger partial charge in [0.1, 0.15) is 5.56 Å². The summed E-state index contributed by atoms with van der Waals surface area (Å²) < 4.78 is 12.1. The summed E-state index contributed by atoms with van der Waals surface area (Å²) in [5.41, 5.74) is 1.41.